The normalized spacial score (nSPS) is 12.6. The van der Waals surface area contributed by atoms with E-state index in [1.54, 1.807) is 13.8 Å². The summed E-state index contributed by atoms with van der Waals surface area (Å²) >= 11 is 0. The second-order valence-electron chi connectivity index (χ2n) is 1.88. The van der Waals surface area contributed by atoms with Crippen molar-refractivity contribution in [3.63, 3.8) is 0 Å². The van der Waals surface area contributed by atoms with Gasteiger partial charge in [-0.3, -0.25) is 0 Å². The van der Waals surface area contributed by atoms with Crippen LogP contribution >= 0.6 is 0 Å². The molecule has 0 unspecified atom stereocenters. The molecule has 0 saturated heterocycles. The Morgan fingerprint density at radius 3 is 1.43 bits per heavy atom. The molecule has 0 amide bonds. The van der Waals surface area contributed by atoms with E-state index in [-0.39, 0.29) is 5.25 Å². The summed E-state index contributed by atoms with van der Waals surface area (Å²) in [5.41, 5.74) is 0. The van der Waals surface area contributed by atoms with Crippen LogP contribution in [-0.2, 0) is 9.84 Å². The van der Waals surface area contributed by atoms with Crippen molar-refractivity contribution in [2.24, 2.45) is 0 Å². The molecule has 0 aliphatic rings. The molecule has 2 nitrogen and oxygen atoms in total. The zero-order valence-corrected chi connectivity index (χ0v) is 5.62. The third kappa shape index (κ3) is 2.62. The predicted octanol–water partition coefficient (Wildman–Crippen LogP) is 0.439. The van der Waals surface area contributed by atoms with Crippen molar-refractivity contribution in [2.45, 2.75) is 19.1 Å². The molecule has 0 spiro atoms. The van der Waals surface area contributed by atoms with Gasteiger partial charge in [0.25, 0.3) is 0 Å². The van der Waals surface area contributed by atoms with Crippen LogP contribution in [0.4, 0.5) is 0 Å². The number of sulfone groups is 1. The summed E-state index contributed by atoms with van der Waals surface area (Å²) in [6.07, 6.45) is 1.23. The smallest absolute Gasteiger partial charge is 0.149 e. The minimum Gasteiger partial charge on any atom is -0.229 e. The van der Waals surface area contributed by atoms with Gasteiger partial charge in [-0.15, -0.1) is 0 Å². The van der Waals surface area contributed by atoms with Gasteiger partial charge in [-0.05, 0) is 13.8 Å². The van der Waals surface area contributed by atoms with Gasteiger partial charge in [0.1, 0.15) is 9.84 Å². The molecule has 0 aliphatic heterocycles. The fourth-order valence-corrected chi connectivity index (χ4v) is 0. The lowest BCUT2D eigenvalue weighted by Crippen LogP contribution is -2.10. The SMILES string of the molecule is CC(C)S(C)(=O)=O. The van der Waals surface area contributed by atoms with E-state index < -0.39 is 9.84 Å². The molecule has 3 heteroatoms. The number of rotatable bonds is 1. The van der Waals surface area contributed by atoms with E-state index in [9.17, 15) is 8.42 Å². The molecule has 0 saturated carbocycles. The minimum atomic E-state index is -2.74. The molecule has 0 heterocycles. The van der Waals surface area contributed by atoms with Crippen molar-refractivity contribution in [1.82, 2.24) is 0 Å². The first kappa shape index (κ1) is 6.95. The van der Waals surface area contributed by atoms with Crippen LogP contribution in [0.15, 0.2) is 0 Å². The molecule has 7 heavy (non-hydrogen) atoms. The molecular formula is C4H10O2S. The highest BCUT2D eigenvalue weighted by Crippen LogP contribution is 1.92. The summed E-state index contributed by atoms with van der Waals surface area (Å²) in [7, 11) is -2.74. The van der Waals surface area contributed by atoms with E-state index in [2.05, 4.69) is 0 Å². The van der Waals surface area contributed by atoms with Crippen molar-refractivity contribution in [2.75, 3.05) is 6.26 Å². The molecule has 44 valence electrons. The second-order valence-corrected chi connectivity index (χ2v) is 4.48. The van der Waals surface area contributed by atoms with Gasteiger partial charge in [-0.2, -0.15) is 0 Å². The standard InChI is InChI=1S/C4H10O2S/c1-4(2)7(3,5)6/h4H,1-3H3. The Balaban J connectivity index is 4.10. The lowest BCUT2D eigenvalue weighted by atomic mass is 10.6. The first-order valence-electron chi connectivity index (χ1n) is 2.13. The predicted molar refractivity (Wildman–Crippen MR) is 30.0 cm³/mol. The van der Waals surface area contributed by atoms with Crippen LogP contribution in [0.1, 0.15) is 13.8 Å². The van der Waals surface area contributed by atoms with Gasteiger partial charge in [0, 0.05) is 6.26 Å². The van der Waals surface area contributed by atoms with Gasteiger partial charge in [-0.25, -0.2) is 8.42 Å². The van der Waals surface area contributed by atoms with E-state index in [1.165, 1.54) is 6.26 Å². The van der Waals surface area contributed by atoms with Crippen molar-refractivity contribution >= 4 is 9.84 Å². The highest BCUT2D eigenvalue weighted by Gasteiger charge is 2.05. The first-order valence-corrected chi connectivity index (χ1v) is 4.09. The van der Waals surface area contributed by atoms with Crippen LogP contribution in [0.5, 0.6) is 0 Å². The second kappa shape index (κ2) is 1.82. The quantitative estimate of drug-likeness (QED) is 0.505. The molecule has 0 atom stereocenters. The van der Waals surface area contributed by atoms with Gasteiger partial charge in [0.15, 0.2) is 0 Å². The molecule has 0 fully saturated rings. The van der Waals surface area contributed by atoms with Gasteiger partial charge >= 0.3 is 0 Å². The van der Waals surface area contributed by atoms with Crippen molar-refractivity contribution in [3.8, 4) is 0 Å². The molecule has 0 aliphatic carbocycles. The third-order valence-corrected chi connectivity index (χ3v) is 2.57. The Kier molecular flexibility index (Phi) is 1.81. The van der Waals surface area contributed by atoms with Crippen molar-refractivity contribution in [1.29, 1.82) is 0 Å². The molecule has 0 aromatic rings. The summed E-state index contributed by atoms with van der Waals surface area (Å²) < 4.78 is 20.7. The van der Waals surface area contributed by atoms with Gasteiger partial charge < -0.3 is 0 Å². The molecular weight excluding hydrogens is 112 g/mol. The fraction of sp³-hybridized carbons (Fsp3) is 1.00. The Labute approximate surface area is 44.5 Å². The highest BCUT2D eigenvalue weighted by atomic mass is 32.2. The maximum Gasteiger partial charge on any atom is 0.149 e. The van der Waals surface area contributed by atoms with Gasteiger partial charge in [0.2, 0.25) is 0 Å². The fourth-order valence-electron chi connectivity index (χ4n) is 0. The van der Waals surface area contributed by atoms with E-state index in [0.29, 0.717) is 0 Å². The summed E-state index contributed by atoms with van der Waals surface area (Å²) in [4.78, 5) is 0. The molecule has 0 N–H and O–H groups in total. The van der Waals surface area contributed by atoms with E-state index >= 15 is 0 Å². The maximum atomic E-state index is 10.3. The Morgan fingerprint density at radius 2 is 1.43 bits per heavy atom. The van der Waals surface area contributed by atoms with Crippen LogP contribution in [0.3, 0.4) is 0 Å². The van der Waals surface area contributed by atoms with E-state index in [4.69, 9.17) is 0 Å². The van der Waals surface area contributed by atoms with Crippen LogP contribution < -0.4 is 0 Å². The average molecular weight is 122 g/mol. The molecule has 0 radical (unpaired) electrons. The van der Waals surface area contributed by atoms with E-state index in [1.807, 2.05) is 0 Å². The topological polar surface area (TPSA) is 34.1 Å². The molecule has 0 rings (SSSR count). The Hall–Kier alpha value is -0.0500. The van der Waals surface area contributed by atoms with Crippen LogP contribution in [0.25, 0.3) is 0 Å². The summed E-state index contributed by atoms with van der Waals surface area (Å²) in [6.45, 7) is 3.32. The first-order chi connectivity index (χ1) is 2.94. The Bertz CT molecular complexity index is 132. The van der Waals surface area contributed by atoms with Crippen LogP contribution in [0, 0.1) is 0 Å². The van der Waals surface area contributed by atoms with Crippen molar-refractivity contribution < 1.29 is 8.42 Å². The zero-order chi connectivity index (χ0) is 6.08. The van der Waals surface area contributed by atoms with Crippen LogP contribution in [-0.4, -0.2) is 19.9 Å². The largest absolute Gasteiger partial charge is 0.229 e. The summed E-state index contributed by atoms with van der Waals surface area (Å²) in [5.74, 6) is 0. The zero-order valence-electron chi connectivity index (χ0n) is 4.80. The molecule has 0 bridgehead atoms. The lowest BCUT2D eigenvalue weighted by Gasteiger charge is -1.96. The van der Waals surface area contributed by atoms with Crippen molar-refractivity contribution in [3.05, 3.63) is 0 Å². The van der Waals surface area contributed by atoms with E-state index in [0.717, 1.165) is 0 Å². The monoisotopic (exact) mass is 122 g/mol. The number of hydrogen-bond donors (Lipinski definition) is 0. The Morgan fingerprint density at radius 1 is 1.29 bits per heavy atom. The van der Waals surface area contributed by atoms with Gasteiger partial charge in [0.05, 0.1) is 5.25 Å². The lowest BCUT2D eigenvalue weighted by molar-refractivity contribution is 0.593. The summed E-state index contributed by atoms with van der Waals surface area (Å²) in [5, 5.41) is -0.229. The average Bonchev–Trinajstić information content (AvgIpc) is 1.31. The minimum absolute atomic E-state index is 0.229. The highest BCUT2D eigenvalue weighted by molar-refractivity contribution is 7.91. The van der Waals surface area contributed by atoms with Crippen LogP contribution in [0.2, 0.25) is 0 Å². The third-order valence-electron chi connectivity index (χ3n) is 0.856. The van der Waals surface area contributed by atoms with Gasteiger partial charge in [-0.1, -0.05) is 0 Å². The molecule has 0 aromatic carbocycles. The number of hydrogen-bond acceptors (Lipinski definition) is 2. The maximum absolute atomic E-state index is 10.3. The summed E-state index contributed by atoms with van der Waals surface area (Å²) in [6, 6.07) is 0. The molecule has 0 aromatic heterocycles.